The third kappa shape index (κ3) is 1.38. The Bertz CT molecular complexity index is 329. The molecular formula is C9H10FNO2. The van der Waals surface area contributed by atoms with Gasteiger partial charge >= 0.3 is 0 Å². The minimum Gasteiger partial charge on any atom is -0.490 e. The molecule has 1 aliphatic heterocycles. The lowest BCUT2D eigenvalue weighted by Crippen LogP contribution is -2.35. The van der Waals surface area contributed by atoms with Gasteiger partial charge < -0.3 is 15.6 Å². The summed E-state index contributed by atoms with van der Waals surface area (Å²) in [6.07, 6.45) is -0.755. The van der Waals surface area contributed by atoms with Crippen molar-refractivity contribution in [2.24, 2.45) is 5.73 Å². The Kier molecular flexibility index (Phi) is 1.94. The van der Waals surface area contributed by atoms with Crippen LogP contribution in [0.5, 0.6) is 5.75 Å². The average Bonchev–Trinajstić information content (AvgIpc) is 2.12. The van der Waals surface area contributed by atoms with Crippen molar-refractivity contribution in [1.29, 1.82) is 0 Å². The zero-order chi connectivity index (χ0) is 9.42. The molecule has 1 heterocycles. The Morgan fingerprint density at radius 2 is 2.31 bits per heavy atom. The minimum atomic E-state index is -0.755. The van der Waals surface area contributed by atoms with Crippen molar-refractivity contribution >= 4 is 0 Å². The van der Waals surface area contributed by atoms with Gasteiger partial charge in [0.2, 0.25) is 0 Å². The standard InChI is InChI=1S/C9H10FNO2/c10-5-1-2-8-6(3-5)9(11)7(12)4-13-8/h1-3,7,9,12H,4,11H2/t7-,9-/m1/s1. The van der Waals surface area contributed by atoms with E-state index in [-0.39, 0.29) is 12.4 Å². The number of rotatable bonds is 0. The lowest BCUT2D eigenvalue weighted by molar-refractivity contribution is 0.0676. The molecule has 1 aromatic rings. The summed E-state index contributed by atoms with van der Waals surface area (Å²) in [5.41, 5.74) is 6.19. The van der Waals surface area contributed by atoms with E-state index >= 15 is 0 Å². The average molecular weight is 183 g/mol. The summed E-state index contributed by atoms with van der Waals surface area (Å²) >= 11 is 0. The minimum absolute atomic E-state index is 0.166. The number of nitrogens with two attached hydrogens (primary N) is 1. The molecule has 4 heteroatoms. The van der Waals surface area contributed by atoms with E-state index in [4.69, 9.17) is 10.5 Å². The van der Waals surface area contributed by atoms with Gasteiger partial charge in [-0.15, -0.1) is 0 Å². The molecule has 0 saturated heterocycles. The van der Waals surface area contributed by atoms with Gasteiger partial charge in [0.25, 0.3) is 0 Å². The van der Waals surface area contributed by atoms with E-state index in [0.29, 0.717) is 11.3 Å². The summed E-state index contributed by atoms with van der Waals surface area (Å²) in [4.78, 5) is 0. The Balaban J connectivity index is 2.45. The fourth-order valence-electron chi connectivity index (χ4n) is 1.40. The Morgan fingerprint density at radius 3 is 3.08 bits per heavy atom. The number of hydrogen-bond donors (Lipinski definition) is 2. The molecule has 3 nitrogen and oxygen atoms in total. The van der Waals surface area contributed by atoms with E-state index in [1.54, 1.807) is 0 Å². The molecule has 0 unspecified atom stereocenters. The number of halogens is 1. The second-order valence-corrected chi connectivity index (χ2v) is 3.09. The SMILES string of the molecule is N[C@@H]1c2cc(F)ccc2OC[C@H]1O. The van der Waals surface area contributed by atoms with Crippen LogP contribution in [0.1, 0.15) is 11.6 Å². The largest absolute Gasteiger partial charge is 0.490 e. The van der Waals surface area contributed by atoms with Crippen LogP contribution in [-0.4, -0.2) is 17.8 Å². The lowest BCUT2D eigenvalue weighted by atomic mass is 9.99. The topological polar surface area (TPSA) is 55.5 Å². The summed E-state index contributed by atoms with van der Waals surface area (Å²) in [5, 5.41) is 9.34. The first-order chi connectivity index (χ1) is 6.18. The van der Waals surface area contributed by atoms with E-state index < -0.39 is 12.1 Å². The second-order valence-electron chi connectivity index (χ2n) is 3.09. The van der Waals surface area contributed by atoms with E-state index in [0.717, 1.165) is 0 Å². The summed E-state index contributed by atoms with van der Waals surface area (Å²) in [6.45, 7) is 0.166. The maximum Gasteiger partial charge on any atom is 0.124 e. The molecule has 0 spiro atoms. The molecular weight excluding hydrogens is 173 g/mol. The van der Waals surface area contributed by atoms with Gasteiger partial charge in [0.05, 0.1) is 6.04 Å². The molecule has 0 aliphatic carbocycles. The van der Waals surface area contributed by atoms with Crippen LogP contribution in [0.3, 0.4) is 0 Å². The molecule has 0 fully saturated rings. The zero-order valence-electron chi connectivity index (χ0n) is 6.90. The summed E-state index contributed by atoms with van der Waals surface area (Å²) in [6, 6.07) is 3.57. The summed E-state index contributed by atoms with van der Waals surface area (Å²) in [7, 11) is 0. The van der Waals surface area contributed by atoms with E-state index in [2.05, 4.69) is 0 Å². The highest BCUT2D eigenvalue weighted by atomic mass is 19.1. The number of aliphatic hydroxyl groups excluding tert-OH is 1. The Morgan fingerprint density at radius 1 is 1.54 bits per heavy atom. The van der Waals surface area contributed by atoms with Crippen molar-refractivity contribution < 1.29 is 14.2 Å². The fraction of sp³-hybridized carbons (Fsp3) is 0.333. The van der Waals surface area contributed by atoms with Crippen LogP contribution in [0.4, 0.5) is 4.39 Å². The molecule has 1 aromatic carbocycles. The van der Waals surface area contributed by atoms with Gasteiger partial charge in [-0.3, -0.25) is 0 Å². The highest BCUT2D eigenvalue weighted by molar-refractivity contribution is 5.38. The van der Waals surface area contributed by atoms with Gasteiger partial charge in [0.15, 0.2) is 0 Å². The number of ether oxygens (including phenoxy) is 1. The van der Waals surface area contributed by atoms with Crippen LogP contribution < -0.4 is 10.5 Å². The zero-order valence-corrected chi connectivity index (χ0v) is 6.90. The molecule has 1 aliphatic rings. The second kappa shape index (κ2) is 2.97. The van der Waals surface area contributed by atoms with Crippen molar-refractivity contribution in [1.82, 2.24) is 0 Å². The number of aliphatic hydroxyl groups is 1. The fourth-order valence-corrected chi connectivity index (χ4v) is 1.40. The van der Waals surface area contributed by atoms with Crippen molar-refractivity contribution in [3.05, 3.63) is 29.6 Å². The van der Waals surface area contributed by atoms with Gasteiger partial charge in [-0.1, -0.05) is 0 Å². The summed E-state index contributed by atoms with van der Waals surface area (Å²) in [5.74, 6) is 0.186. The first-order valence-electron chi connectivity index (χ1n) is 4.04. The van der Waals surface area contributed by atoms with Crippen LogP contribution >= 0.6 is 0 Å². The molecule has 0 bridgehead atoms. The maximum atomic E-state index is 12.8. The molecule has 13 heavy (non-hydrogen) atoms. The molecule has 2 atom stereocenters. The Labute approximate surface area is 74.9 Å². The van der Waals surface area contributed by atoms with Gasteiger partial charge in [-0.2, -0.15) is 0 Å². The summed E-state index contributed by atoms with van der Waals surface area (Å²) < 4.78 is 18.0. The van der Waals surface area contributed by atoms with Gasteiger partial charge in [0.1, 0.15) is 24.3 Å². The van der Waals surface area contributed by atoms with E-state index in [9.17, 15) is 9.50 Å². The van der Waals surface area contributed by atoms with Crippen LogP contribution in [0.2, 0.25) is 0 Å². The third-order valence-corrected chi connectivity index (χ3v) is 2.16. The highest BCUT2D eigenvalue weighted by Crippen LogP contribution is 2.30. The number of hydrogen-bond acceptors (Lipinski definition) is 3. The van der Waals surface area contributed by atoms with Crippen molar-refractivity contribution in [2.75, 3.05) is 6.61 Å². The predicted molar refractivity (Wildman–Crippen MR) is 44.8 cm³/mol. The highest BCUT2D eigenvalue weighted by Gasteiger charge is 2.26. The lowest BCUT2D eigenvalue weighted by Gasteiger charge is -2.27. The monoisotopic (exact) mass is 183 g/mol. The normalized spacial score (nSPS) is 26.4. The number of benzene rings is 1. The van der Waals surface area contributed by atoms with Crippen LogP contribution in [0, 0.1) is 5.82 Å². The van der Waals surface area contributed by atoms with Gasteiger partial charge in [-0.25, -0.2) is 4.39 Å². The number of fused-ring (bicyclic) bond motifs is 1. The maximum absolute atomic E-state index is 12.8. The Hall–Kier alpha value is -1.13. The molecule has 0 saturated carbocycles. The van der Waals surface area contributed by atoms with Gasteiger partial charge in [-0.05, 0) is 18.2 Å². The molecule has 70 valence electrons. The molecule has 0 amide bonds. The molecule has 2 rings (SSSR count). The van der Waals surface area contributed by atoms with Crippen LogP contribution in [0.25, 0.3) is 0 Å². The van der Waals surface area contributed by atoms with E-state index in [1.807, 2.05) is 0 Å². The molecule has 3 N–H and O–H groups in total. The van der Waals surface area contributed by atoms with Crippen molar-refractivity contribution in [2.45, 2.75) is 12.1 Å². The molecule has 0 radical (unpaired) electrons. The van der Waals surface area contributed by atoms with E-state index in [1.165, 1.54) is 18.2 Å². The third-order valence-electron chi connectivity index (χ3n) is 2.16. The first-order valence-corrected chi connectivity index (χ1v) is 4.04. The van der Waals surface area contributed by atoms with Crippen molar-refractivity contribution in [3.8, 4) is 5.75 Å². The predicted octanol–water partition coefficient (Wildman–Crippen LogP) is 0.579. The van der Waals surface area contributed by atoms with Crippen LogP contribution in [-0.2, 0) is 0 Å². The molecule has 0 aromatic heterocycles. The quantitative estimate of drug-likeness (QED) is 0.618. The smallest absolute Gasteiger partial charge is 0.124 e. The van der Waals surface area contributed by atoms with Crippen molar-refractivity contribution in [3.63, 3.8) is 0 Å². The first kappa shape index (κ1) is 8.47. The van der Waals surface area contributed by atoms with Crippen LogP contribution in [0.15, 0.2) is 18.2 Å². The van der Waals surface area contributed by atoms with Gasteiger partial charge in [0, 0.05) is 5.56 Å².